The molecule has 1 atom stereocenters. The maximum Gasteiger partial charge on any atom is 0.251 e. The van der Waals surface area contributed by atoms with Crippen molar-refractivity contribution in [2.45, 2.75) is 26.3 Å². The highest BCUT2D eigenvalue weighted by molar-refractivity contribution is 5.94. The molecule has 1 amide bonds. The second-order valence-corrected chi connectivity index (χ2v) is 5.16. The van der Waals surface area contributed by atoms with Crippen molar-refractivity contribution >= 4 is 18.3 Å². The van der Waals surface area contributed by atoms with Crippen LogP contribution in [0.1, 0.15) is 30.6 Å². The van der Waals surface area contributed by atoms with Crippen LogP contribution in [0.15, 0.2) is 36.9 Å². The summed E-state index contributed by atoms with van der Waals surface area (Å²) in [6.45, 7) is 8.71. The van der Waals surface area contributed by atoms with Crippen LogP contribution in [-0.2, 0) is 0 Å². The minimum Gasteiger partial charge on any atom is -0.490 e. The van der Waals surface area contributed by atoms with Gasteiger partial charge >= 0.3 is 0 Å². The number of nitrogens with one attached hydrogen (secondary N) is 1. The number of amides is 1. The van der Waals surface area contributed by atoms with Crippen LogP contribution in [-0.4, -0.2) is 25.1 Å². The third-order valence-electron chi connectivity index (χ3n) is 2.86. The van der Waals surface area contributed by atoms with Crippen LogP contribution in [0.2, 0.25) is 0 Å². The molecule has 1 aromatic carbocycles. The van der Waals surface area contributed by atoms with Crippen molar-refractivity contribution in [1.82, 2.24) is 5.32 Å². The van der Waals surface area contributed by atoms with E-state index in [1.807, 2.05) is 0 Å². The fraction of sp³-hybridized carbons (Fsp3) is 0.438. The van der Waals surface area contributed by atoms with E-state index in [1.165, 1.54) is 0 Å². The first-order valence-corrected chi connectivity index (χ1v) is 6.91. The zero-order valence-electron chi connectivity index (χ0n) is 12.7. The summed E-state index contributed by atoms with van der Waals surface area (Å²) in [4.78, 5) is 12.1. The Balaban J connectivity index is 0.00000400. The Morgan fingerprint density at radius 2 is 2.00 bits per heavy atom. The predicted octanol–water partition coefficient (Wildman–Crippen LogP) is 2.78. The third-order valence-corrected chi connectivity index (χ3v) is 2.86. The van der Waals surface area contributed by atoms with Gasteiger partial charge in [-0.1, -0.05) is 26.5 Å². The first-order valence-electron chi connectivity index (χ1n) is 6.91. The molecule has 5 heteroatoms. The molecule has 21 heavy (non-hydrogen) atoms. The standard InChI is InChI=1S/C16H24N2O2.ClH/c1-4-9-20-15-7-5-13(6-8-15)16(19)18-14(11-17)10-12(2)3;/h4-8,12,14H,1,9-11,17H2,2-3H3,(H,18,19);1H. The summed E-state index contributed by atoms with van der Waals surface area (Å²) in [5.74, 6) is 1.12. The molecular formula is C16H25ClN2O2. The van der Waals surface area contributed by atoms with Gasteiger partial charge in [0.05, 0.1) is 0 Å². The molecule has 0 aliphatic rings. The fourth-order valence-electron chi connectivity index (χ4n) is 1.91. The van der Waals surface area contributed by atoms with Gasteiger partial charge in [-0.15, -0.1) is 12.4 Å². The van der Waals surface area contributed by atoms with E-state index < -0.39 is 0 Å². The number of carbonyl (C=O) groups excluding carboxylic acids is 1. The molecule has 0 aliphatic carbocycles. The lowest BCUT2D eigenvalue weighted by atomic mass is 10.0. The number of hydrogen-bond acceptors (Lipinski definition) is 3. The molecule has 0 aliphatic heterocycles. The molecule has 0 heterocycles. The van der Waals surface area contributed by atoms with E-state index in [-0.39, 0.29) is 24.4 Å². The average molecular weight is 313 g/mol. The highest BCUT2D eigenvalue weighted by atomic mass is 35.5. The topological polar surface area (TPSA) is 64.3 Å². The normalized spacial score (nSPS) is 11.4. The molecule has 1 aromatic rings. The molecule has 1 unspecified atom stereocenters. The first kappa shape index (κ1) is 19.5. The number of nitrogens with two attached hydrogens (primary N) is 1. The Morgan fingerprint density at radius 1 is 1.38 bits per heavy atom. The molecule has 3 N–H and O–H groups in total. The lowest BCUT2D eigenvalue weighted by molar-refractivity contribution is 0.0933. The summed E-state index contributed by atoms with van der Waals surface area (Å²) in [5.41, 5.74) is 6.29. The van der Waals surface area contributed by atoms with Crippen molar-refractivity contribution < 1.29 is 9.53 Å². The van der Waals surface area contributed by atoms with Crippen LogP contribution in [0.4, 0.5) is 0 Å². The molecule has 0 bridgehead atoms. The second kappa shape index (κ2) is 10.2. The number of benzene rings is 1. The summed E-state index contributed by atoms with van der Waals surface area (Å²) < 4.78 is 5.38. The van der Waals surface area contributed by atoms with Crippen LogP contribution in [0, 0.1) is 5.92 Å². The second-order valence-electron chi connectivity index (χ2n) is 5.16. The van der Waals surface area contributed by atoms with E-state index in [1.54, 1.807) is 30.3 Å². The minimum atomic E-state index is -0.101. The van der Waals surface area contributed by atoms with Crippen molar-refractivity contribution in [3.05, 3.63) is 42.5 Å². The number of carbonyl (C=O) groups is 1. The van der Waals surface area contributed by atoms with Crippen molar-refractivity contribution in [2.24, 2.45) is 11.7 Å². The van der Waals surface area contributed by atoms with E-state index in [4.69, 9.17) is 10.5 Å². The van der Waals surface area contributed by atoms with Gasteiger partial charge in [0.2, 0.25) is 0 Å². The summed E-state index contributed by atoms with van der Waals surface area (Å²) in [5, 5.41) is 2.96. The zero-order chi connectivity index (χ0) is 15.0. The summed E-state index contributed by atoms with van der Waals surface area (Å²) in [6.07, 6.45) is 2.56. The van der Waals surface area contributed by atoms with E-state index in [9.17, 15) is 4.79 Å². The van der Waals surface area contributed by atoms with Gasteiger partial charge in [0, 0.05) is 18.2 Å². The Bertz CT molecular complexity index is 432. The molecule has 0 radical (unpaired) electrons. The van der Waals surface area contributed by atoms with E-state index >= 15 is 0 Å². The lowest BCUT2D eigenvalue weighted by Gasteiger charge is -2.18. The Morgan fingerprint density at radius 3 is 2.48 bits per heavy atom. The van der Waals surface area contributed by atoms with Crippen molar-refractivity contribution in [3.8, 4) is 5.75 Å². The number of hydrogen-bond donors (Lipinski definition) is 2. The van der Waals surface area contributed by atoms with Crippen LogP contribution < -0.4 is 15.8 Å². The Labute approximate surface area is 133 Å². The van der Waals surface area contributed by atoms with Gasteiger partial charge in [0.1, 0.15) is 12.4 Å². The first-order chi connectivity index (χ1) is 9.56. The lowest BCUT2D eigenvalue weighted by Crippen LogP contribution is -2.41. The molecule has 1 rings (SSSR count). The SMILES string of the molecule is C=CCOc1ccc(C(=O)NC(CN)CC(C)C)cc1.Cl. The molecular weight excluding hydrogens is 288 g/mol. The average Bonchev–Trinajstić information content (AvgIpc) is 2.44. The summed E-state index contributed by atoms with van der Waals surface area (Å²) >= 11 is 0. The van der Waals surface area contributed by atoms with Crippen LogP contribution in [0.25, 0.3) is 0 Å². The smallest absolute Gasteiger partial charge is 0.251 e. The van der Waals surface area contributed by atoms with Gasteiger partial charge in [-0.2, -0.15) is 0 Å². The van der Waals surface area contributed by atoms with Gasteiger partial charge in [0.15, 0.2) is 0 Å². The van der Waals surface area contributed by atoms with Crippen LogP contribution in [0.3, 0.4) is 0 Å². The Kier molecular flexibility index (Phi) is 9.50. The van der Waals surface area contributed by atoms with Gasteiger partial charge in [-0.05, 0) is 36.6 Å². The molecule has 4 nitrogen and oxygen atoms in total. The molecule has 0 saturated carbocycles. The number of rotatable bonds is 8. The van der Waals surface area contributed by atoms with Gasteiger partial charge in [-0.3, -0.25) is 4.79 Å². The van der Waals surface area contributed by atoms with Crippen LogP contribution >= 0.6 is 12.4 Å². The van der Waals surface area contributed by atoms with E-state index in [0.29, 0.717) is 24.6 Å². The number of halogens is 1. The van der Waals surface area contributed by atoms with Crippen molar-refractivity contribution in [1.29, 1.82) is 0 Å². The van der Waals surface area contributed by atoms with E-state index in [2.05, 4.69) is 25.7 Å². The third kappa shape index (κ3) is 7.16. The van der Waals surface area contributed by atoms with Gasteiger partial charge in [0.25, 0.3) is 5.91 Å². The van der Waals surface area contributed by atoms with Crippen molar-refractivity contribution in [2.75, 3.05) is 13.2 Å². The number of ether oxygens (including phenoxy) is 1. The molecule has 0 fully saturated rings. The van der Waals surface area contributed by atoms with Gasteiger partial charge < -0.3 is 15.8 Å². The molecule has 118 valence electrons. The van der Waals surface area contributed by atoms with Crippen molar-refractivity contribution in [3.63, 3.8) is 0 Å². The van der Waals surface area contributed by atoms with E-state index in [0.717, 1.165) is 12.2 Å². The summed E-state index contributed by atoms with van der Waals surface area (Å²) in [6, 6.07) is 7.06. The predicted molar refractivity (Wildman–Crippen MR) is 89.1 cm³/mol. The Hall–Kier alpha value is -1.52. The fourth-order valence-corrected chi connectivity index (χ4v) is 1.91. The zero-order valence-corrected chi connectivity index (χ0v) is 13.5. The molecule has 0 saturated heterocycles. The maximum absolute atomic E-state index is 12.1. The minimum absolute atomic E-state index is 0. The molecule has 0 spiro atoms. The maximum atomic E-state index is 12.1. The highest BCUT2D eigenvalue weighted by Gasteiger charge is 2.13. The highest BCUT2D eigenvalue weighted by Crippen LogP contribution is 2.13. The van der Waals surface area contributed by atoms with Crippen LogP contribution in [0.5, 0.6) is 5.75 Å². The summed E-state index contributed by atoms with van der Waals surface area (Å²) in [7, 11) is 0. The molecule has 0 aromatic heterocycles. The monoisotopic (exact) mass is 312 g/mol. The quantitative estimate of drug-likeness (QED) is 0.725. The van der Waals surface area contributed by atoms with Gasteiger partial charge in [-0.25, -0.2) is 0 Å². The largest absolute Gasteiger partial charge is 0.490 e.